The van der Waals surface area contributed by atoms with Gasteiger partial charge in [-0.2, -0.15) is 0 Å². The standard InChI is InChI=1S/C62H119NO8/c1-3-5-7-9-11-13-15-17-19-20-21-22-23-24-25-26-27-28-29-30-31-32-33-34-35-36-38-40-42-44-46-48-50-52-58(66)63-55(54-70-62-61(69)60(68)59(67)57(53-64)71-62)56(65)51-49-47-45-43-41-39-37-18-16-14-12-10-8-6-4-2/h41,43,49,51,55-57,59-62,64-65,67-69H,3-40,42,44-48,50,52-54H2,1-2H3,(H,63,66)/b43-41+,51-49+. The number of aliphatic hydroxyl groups is 5. The highest BCUT2D eigenvalue weighted by molar-refractivity contribution is 5.76. The van der Waals surface area contributed by atoms with Crippen LogP contribution in [0.1, 0.15) is 309 Å². The molecule has 1 fully saturated rings. The number of amides is 1. The maximum atomic E-state index is 13.1. The van der Waals surface area contributed by atoms with Crippen molar-refractivity contribution in [3.8, 4) is 0 Å². The molecule has 0 aromatic carbocycles. The minimum atomic E-state index is -1.57. The van der Waals surface area contributed by atoms with Gasteiger partial charge < -0.3 is 40.3 Å². The molecule has 7 atom stereocenters. The summed E-state index contributed by atoms with van der Waals surface area (Å²) in [7, 11) is 0. The van der Waals surface area contributed by atoms with Crippen LogP contribution in [0.5, 0.6) is 0 Å². The van der Waals surface area contributed by atoms with Crippen molar-refractivity contribution in [2.75, 3.05) is 13.2 Å². The molecule has 71 heavy (non-hydrogen) atoms. The summed E-state index contributed by atoms with van der Waals surface area (Å²) in [6.45, 7) is 3.79. The van der Waals surface area contributed by atoms with Crippen molar-refractivity contribution in [3.63, 3.8) is 0 Å². The summed E-state index contributed by atoms with van der Waals surface area (Å²) < 4.78 is 11.3. The molecule has 1 aliphatic rings. The van der Waals surface area contributed by atoms with Crippen LogP contribution in [0.3, 0.4) is 0 Å². The number of hydrogen-bond acceptors (Lipinski definition) is 8. The van der Waals surface area contributed by atoms with Gasteiger partial charge in [0.2, 0.25) is 5.91 Å². The van der Waals surface area contributed by atoms with E-state index in [2.05, 4.69) is 31.3 Å². The van der Waals surface area contributed by atoms with Gasteiger partial charge in [-0.25, -0.2) is 0 Å². The topological polar surface area (TPSA) is 149 Å². The van der Waals surface area contributed by atoms with Gasteiger partial charge in [-0.15, -0.1) is 0 Å². The molecule has 1 amide bonds. The van der Waals surface area contributed by atoms with E-state index in [-0.39, 0.29) is 12.5 Å². The molecule has 0 aromatic heterocycles. The monoisotopic (exact) mass is 1010 g/mol. The van der Waals surface area contributed by atoms with E-state index in [0.717, 1.165) is 38.5 Å². The van der Waals surface area contributed by atoms with Gasteiger partial charge in [0.05, 0.1) is 25.4 Å². The molecule has 1 heterocycles. The Hall–Kier alpha value is -1.33. The molecule has 0 spiro atoms. The van der Waals surface area contributed by atoms with E-state index < -0.39 is 49.5 Å². The molecule has 7 unspecified atom stereocenters. The van der Waals surface area contributed by atoms with Gasteiger partial charge in [0.25, 0.3) is 0 Å². The fourth-order valence-electron chi connectivity index (χ4n) is 10.1. The number of ether oxygens (including phenoxy) is 2. The fraction of sp³-hybridized carbons (Fsp3) is 0.919. The molecular weight excluding hydrogens is 887 g/mol. The summed E-state index contributed by atoms with van der Waals surface area (Å²) in [6, 6.07) is -0.818. The van der Waals surface area contributed by atoms with Crippen LogP contribution in [0, 0.1) is 0 Å². The Morgan fingerprint density at radius 3 is 1.18 bits per heavy atom. The summed E-state index contributed by atoms with van der Waals surface area (Å²) in [4.78, 5) is 13.1. The quantitative estimate of drug-likeness (QED) is 0.0261. The predicted octanol–water partition coefficient (Wildman–Crippen LogP) is 15.7. The Kier molecular flexibility index (Phi) is 49.7. The molecule has 9 heteroatoms. The first-order valence-corrected chi connectivity index (χ1v) is 31.1. The van der Waals surface area contributed by atoms with Gasteiger partial charge in [0, 0.05) is 6.42 Å². The average Bonchev–Trinajstić information content (AvgIpc) is 3.37. The van der Waals surface area contributed by atoms with E-state index in [1.807, 2.05) is 6.08 Å². The van der Waals surface area contributed by atoms with Gasteiger partial charge in [-0.05, 0) is 32.1 Å². The second kappa shape index (κ2) is 52.1. The van der Waals surface area contributed by atoms with Crippen molar-refractivity contribution in [1.29, 1.82) is 0 Å². The maximum absolute atomic E-state index is 13.1. The first-order chi connectivity index (χ1) is 34.8. The molecule has 6 N–H and O–H groups in total. The molecule has 0 radical (unpaired) electrons. The Balaban J connectivity index is 2.10. The Morgan fingerprint density at radius 2 is 0.803 bits per heavy atom. The molecule has 1 rings (SSSR count). The van der Waals surface area contributed by atoms with E-state index >= 15 is 0 Å². The Labute approximate surface area is 439 Å². The van der Waals surface area contributed by atoms with Crippen molar-refractivity contribution < 1.29 is 39.8 Å². The van der Waals surface area contributed by atoms with Crippen molar-refractivity contribution in [2.45, 2.75) is 352 Å². The summed E-state index contributed by atoms with van der Waals surface area (Å²) in [5.74, 6) is -0.181. The third-order valence-corrected chi connectivity index (χ3v) is 15.0. The number of aliphatic hydroxyl groups excluding tert-OH is 5. The second-order valence-corrected chi connectivity index (χ2v) is 21.9. The van der Waals surface area contributed by atoms with Gasteiger partial charge in [0.15, 0.2) is 6.29 Å². The van der Waals surface area contributed by atoms with Gasteiger partial charge in [0.1, 0.15) is 24.4 Å². The number of carbonyl (C=O) groups excluding carboxylic acids is 1. The SMILES string of the molecule is CCCCCCCCCCC/C=C/CC/C=C/C(O)C(COC1OC(CO)C(O)C(O)C1O)NC(=O)CCCCCCCCCCCCCCCCCCCCCCCCCCCCCCCCCCC. The third kappa shape index (κ3) is 41.6. The minimum Gasteiger partial charge on any atom is -0.394 e. The summed E-state index contributed by atoms with van der Waals surface area (Å²) in [6.07, 6.45) is 59.9. The Bertz CT molecular complexity index is 1170. The number of hydrogen-bond donors (Lipinski definition) is 6. The molecule has 0 aliphatic carbocycles. The summed E-state index contributed by atoms with van der Waals surface area (Å²) in [5.41, 5.74) is 0. The van der Waals surface area contributed by atoms with Gasteiger partial charge in [-0.3, -0.25) is 4.79 Å². The summed E-state index contributed by atoms with van der Waals surface area (Å²) in [5, 5.41) is 54.5. The lowest BCUT2D eigenvalue weighted by molar-refractivity contribution is -0.302. The number of carbonyl (C=O) groups is 1. The highest BCUT2D eigenvalue weighted by Gasteiger charge is 2.44. The van der Waals surface area contributed by atoms with Crippen molar-refractivity contribution >= 4 is 5.91 Å². The first kappa shape index (κ1) is 67.7. The van der Waals surface area contributed by atoms with E-state index in [0.29, 0.717) is 6.42 Å². The summed E-state index contributed by atoms with van der Waals surface area (Å²) >= 11 is 0. The smallest absolute Gasteiger partial charge is 0.220 e. The van der Waals surface area contributed by atoms with E-state index in [1.54, 1.807) is 6.08 Å². The fourth-order valence-corrected chi connectivity index (χ4v) is 10.1. The van der Waals surface area contributed by atoms with Crippen LogP contribution in [0.4, 0.5) is 0 Å². The Morgan fingerprint density at radius 1 is 0.465 bits per heavy atom. The lowest BCUT2D eigenvalue weighted by Gasteiger charge is -2.40. The lowest BCUT2D eigenvalue weighted by atomic mass is 9.99. The van der Waals surface area contributed by atoms with Crippen molar-refractivity contribution in [1.82, 2.24) is 5.32 Å². The predicted molar refractivity (Wildman–Crippen MR) is 300 cm³/mol. The van der Waals surface area contributed by atoms with Crippen LogP contribution in [-0.4, -0.2) is 87.5 Å². The molecule has 9 nitrogen and oxygen atoms in total. The first-order valence-electron chi connectivity index (χ1n) is 31.1. The average molecular weight is 1010 g/mol. The highest BCUT2D eigenvalue weighted by Crippen LogP contribution is 2.23. The zero-order valence-electron chi connectivity index (χ0n) is 46.8. The zero-order valence-corrected chi connectivity index (χ0v) is 46.8. The number of unbranched alkanes of at least 4 members (excludes halogenated alkanes) is 42. The number of allylic oxidation sites excluding steroid dienone is 3. The van der Waals surface area contributed by atoms with Crippen molar-refractivity contribution in [3.05, 3.63) is 24.3 Å². The van der Waals surface area contributed by atoms with E-state index in [9.17, 15) is 30.3 Å². The third-order valence-electron chi connectivity index (χ3n) is 15.0. The molecule has 420 valence electrons. The molecule has 1 aliphatic heterocycles. The minimum absolute atomic E-state index is 0.181. The molecule has 1 saturated heterocycles. The molecule has 0 aromatic rings. The second-order valence-electron chi connectivity index (χ2n) is 21.9. The zero-order chi connectivity index (χ0) is 51.5. The van der Waals surface area contributed by atoms with Crippen LogP contribution < -0.4 is 5.32 Å². The molecular formula is C62H119NO8. The van der Waals surface area contributed by atoms with Crippen LogP contribution in [0.15, 0.2) is 24.3 Å². The molecule has 0 saturated carbocycles. The van der Waals surface area contributed by atoms with Crippen molar-refractivity contribution in [2.24, 2.45) is 0 Å². The van der Waals surface area contributed by atoms with Crippen LogP contribution in [0.2, 0.25) is 0 Å². The maximum Gasteiger partial charge on any atom is 0.220 e. The number of rotatable bonds is 54. The largest absolute Gasteiger partial charge is 0.394 e. The van der Waals surface area contributed by atoms with Crippen LogP contribution in [-0.2, 0) is 14.3 Å². The van der Waals surface area contributed by atoms with E-state index in [1.165, 1.54) is 250 Å². The van der Waals surface area contributed by atoms with Gasteiger partial charge >= 0.3 is 0 Å². The normalized spacial score (nSPS) is 19.3. The number of nitrogens with one attached hydrogen (secondary N) is 1. The van der Waals surface area contributed by atoms with Crippen LogP contribution >= 0.6 is 0 Å². The lowest BCUT2D eigenvalue weighted by Crippen LogP contribution is -2.60. The molecule has 0 bridgehead atoms. The van der Waals surface area contributed by atoms with Gasteiger partial charge in [-0.1, -0.05) is 295 Å². The van der Waals surface area contributed by atoms with E-state index in [4.69, 9.17) is 9.47 Å². The van der Waals surface area contributed by atoms with Crippen LogP contribution in [0.25, 0.3) is 0 Å². The highest BCUT2D eigenvalue weighted by atomic mass is 16.7.